The van der Waals surface area contributed by atoms with Gasteiger partial charge >= 0.3 is 0 Å². The standard InChI is InChI=1S/C27H28N6O3S2/c1-17-15-20(18(2)32(17)24-10-6-8-14-29-24)26-25(21-9-5-7-13-28-21)30-27(37)33(26)19-11-12-23(36-3)22(16-19)31-38(4,34)35/h5-16,25-26,31H,1-4H3,(H,30,37). The number of benzene rings is 1. The van der Waals surface area contributed by atoms with Crippen LogP contribution in [0.4, 0.5) is 11.4 Å². The minimum absolute atomic E-state index is 0.255. The van der Waals surface area contributed by atoms with Crippen molar-refractivity contribution >= 4 is 38.7 Å². The lowest BCUT2D eigenvalue weighted by Crippen LogP contribution is -2.29. The zero-order valence-corrected chi connectivity index (χ0v) is 23.0. The lowest BCUT2D eigenvalue weighted by molar-refractivity contribution is 0.417. The molecule has 3 aromatic heterocycles. The molecule has 0 radical (unpaired) electrons. The van der Waals surface area contributed by atoms with E-state index in [-0.39, 0.29) is 12.1 Å². The summed E-state index contributed by atoms with van der Waals surface area (Å²) < 4.78 is 34.2. The van der Waals surface area contributed by atoms with Crippen LogP contribution < -0.4 is 19.7 Å². The Bertz CT molecular complexity index is 1590. The van der Waals surface area contributed by atoms with E-state index >= 15 is 0 Å². The fourth-order valence-corrected chi connectivity index (χ4v) is 5.90. The zero-order valence-electron chi connectivity index (χ0n) is 21.4. The zero-order chi connectivity index (χ0) is 27.0. The van der Waals surface area contributed by atoms with Crippen molar-refractivity contribution in [3.05, 3.63) is 95.7 Å². The van der Waals surface area contributed by atoms with Crippen molar-refractivity contribution in [3.63, 3.8) is 0 Å². The predicted molar refractivity (Wildman–Crippen MR) is 152 cm³/mol. The van der Waals surface area contributed by atoms with Crippen LogP contribution in [0.2, 0.25) is 0 Å². The molecule has 38 heavy (non-hydrogen) atoms. The smallest absolute Gasteiger partial charge is 0.229 e. The molecule has 1 saturated heterocycles. The van der Waals surface area contributed by atoms with E-state index in [1.807, 2.05) is 54.3 Å². The number of hydrogen-bond acceptors (Lipinski definition) is 6. The van der Waals surface area contributed by atoms with Crippen LogP contribution in [0.1, 0.15) is 34.7 Å². The third-order valence-electron chi connectivity index (χ3n) is 6.52. The van der Waals surface area contributed by atoms with Crippen molar-refractivity contribution < 1.29 is 13.2 Å². The summed E-state index contributed by atoms with van der Waals surface area (Å²) in [5.74, 6) is 1.23. The largest absolute Gasteiger partial charge is 0.495 e. The highest BCUT2D eigenvalue weighted by molar-refractivity contribution is 7.92. The number of pyridine rings is 2. The number of ether oxygens (including phenoxy) is 1. The van der Waals surface area contributed by atoms with Crippen molar-refractivity contribution in [1.82, 2.24) is 19.9 Å². The molecule has 1 fully saturated rings. The third-order valence-corrected chi connectivity index (χ3v) is 7.43. The number of aromatic nitrogens is 3. The Morgan fingerprint density at radius 2 is 1.76 bits per heavy atom. The van der Waals surface area contributed by atoms with Gasteiger partial charge in [0.2, 0.25) is 10.0 Å². The summed E-state index contributed by atoms with van der Waals surface area (Å²) in [5.41, 5.74) is 4.97. The lowest BCUT2D eigenvalue weighted by Gasteiger charge is -2.29. The molecule has 0 spiro atoms. The average Bonchev–Trinajstić information content (AvgIpc) is 3.39. The van der Waals surface area contributed by atoms with Crippen LogP contribution >= 0.6 is 12.2 Å². The van der Waals surface area contributed by atoms with Gasteiger partial charge in [-0.1, -0.05) is 12.1 Å². The van der Waals surface area contributed by atoms with Crippen molar-refractivity contribution in [2.45, 2.75) is 25.9 Å². The number of thiocarbonyl (C=S) groups is 1. The summed E-state index contributed by atoms with van der Waals surface area (Å²) in [4.78, 5) is 11.2. The van der Waals surface area contributed by atoms with Crippen LogP contribution in [0.15, 0.2) is 73.1 Å². The molecular weight excluding hydrogens is 520 g/mol. The van der Waals surface area contributed by atoms with Gasteiger partial charge in [0.15, 0.2) is 5.11 Å². The second-order valence-corrected chi connectivity index (χ2v) is 11.2. The van der Waals surface area contributed by atoms with Crippen molar-refractivity contribution in [2.75, 3.05) is 23.0 Å². The molecule has 4 aromatic rings. The Balaban J connectivity index is 1.68. The molecule has 1 aromatic carbocycles. The average molecular weight is 549 g/mol. The first kappa shape index (κ1) is 25.7. The molecule has 2 atom stereocenters. The quantitative estimate of drug-likeness (QED) is 0.327. The van der Waals surface area contributed by atoms with Gasteiger partial charge in [0.05, 0.1) is 36.8 Å². The van der Waals surface area contributed by atoms with Gasteiger partial charge in [-0.15, -0.1) is 0 Å². The summed E-state index contributed by atoms with van der Waals surface area (Å²) in [6, 6.07) is 18.6. The van der Waals surface area contributed by atoms with E-state index in [9.17, 15) is 8.42 Å². The Kier molecular flexibility index (Phi) is 6.80. The van der Waals surface area contributed by atoms with Gasteiger partial charge in [-0.25, -0.2) is 13.4 Å². The molecule has 2 unspecified atom stereocenters. The molecular formula is C27H28N6O3S2. The lowest BCUT2D eigenvalue weighted by atomic mass is 9.96. The summed E-state index contributed by atoms with van der Waals surface area (Å²) >= 11 is 5.87. The van der Waals surface area contributed by atoms with Gasteiger partial charge in [0, 0.05) is 29.5 Å². The van der Waals surface area contributed by atoms with E-state index in [0.29, 0.717) is 22.2 Å². The van der Waals surface area contributed by atoms with E-state index < -0.39 is 10.0 Å². The highest BCUT2D eigenvalue weighted by Gasteiger charge is 2.42. The molecule has 4 heterocycles. The van der Waals surface area contributed by atoms with Crippen LogP contribution in [0.25, 0.3) is 5.82 Å². The van der Waals surface area contributed by atoms with Crippen LogP contribution in [-0.2, 0) is 10.0 Å². The molecule has 5 rings (SSSR count). The molecule has 0 saturated carbocycles. The molecule has 1 aliphatic rings. The number of rotatable bonds is 7. The van der Waals surface area contributed by atoms with E-state index in [0.717, 1.165) is 34.7 Å². The molecule has 0 amide bonds. The van der Waals surface area contributed by atoms with Crippen LogP contribution in [0.5, 0.6) is 5.75 Å². The SMILES string of the molecule is COc1ccc(N2C(=S)NC(c3ccccn3)C2c2cc(C)n(-c3ccccn3)c2C)cc1NS(C)(=O)=O. The number of nitrogens with zero attached hydrogens (tertiary/aromatic N) is 4. The van der Waals surface area contributed by atoms with Crippen molar-refractivity contribution in [1.29, 1.82) is 0 Å². The second-order valence-electron chi connectivity index (χ2n) is 9.11. The number of anilines is 2. The summed E-state index contributed by atoms with van der Waals surface area (Å²) in [5, 5.41) is 3.96. The molecule has 196 valence electrons. The van der Waals surface area contributed by atoms with Gasteiger partial charge in [-0.3, -0.25) is 9.71 Å². The Hall–Kier alpha value is -3.96. The van der Waals surface area contributed by atoms with Crippen molar-refractivity contribution in [3.8, 4) is 11.6 Å². The molecule has 0 aliphatic carbocycles. The first-order valence-electron chi connectivity index (χ1n) is 11.9. The van der Waals surface area contributed by atoms with Gasteiger partial charge in [0.25, 0.3) is 0 Å². The fourth-order valence-electron chi connectivity index (χ4n) is 5.00. The highest BCUT2D eigenvalue weighted by atomic mass is 32.2. The predicted octanol–water partition coefficient (Wildman–Crippen LogP) is 4.44. The number of aryl methyl sites for hydroxylation is 1. The topological polar surface area (TPSA) is 101 Å². The Morgan fingerprint density at radius 1 is 1.03 bits per heavy atom. The Labute approximate surface area is 227 Å². The van der Waals surface area contributed by atoms with E-state index in [2.05, 4.69) is 37.6 Å². The van der Waals surface area contributed by atoms with Crippen molar-refractivity contribution in [2.24, 2.45) is 0 Å². The number of sulfonamides is 1. The van der Waals surface area contributed by atoms with E-state index in [1.54, 1.807) is 24.5 Å². The third kappa shape index (κ3) is 4.82. The first-order valence-corrected chi connectivity index (χ1v) is 14.2. The minimum Gasteiger partial charge on any atom is -0.495 e. The normalized spacial score (nSPS) is 17.4. The van der Waals surface area contributed by atoms with E-state index in [4.69, 9.17) is 17.0 Å². The minimum atomic E-state index is -3.54. The van der Waals surface area contributed by atoms with Crippen LogP contribution in [0.3, 0.4) is 0 Å². The van der Waals surface area contributed by atoms with Gasteiger partial charge < -0.3 is 19.5 Å². The maximum atomic E-state index is 12.1. The first-order chi connectivity index (χ1) is 18.2. The fraction of sp³-hybridized carbons (Fsp3) is 0.222. The molecule has 2 N–H and O–H groups in total. The maximum absolute atomic E-state index is 12.1. The monoisotopic (exact) mass is 548 g/mol. The highest BCUT2D eigenvalue weighted by Crippen LogP contribution is 2.45. The number of methoxy groups -OCH3 is 1. The summed E-state index contributed by atoms with van der Waals surface area (Å²) in [6.45, 7) is 4.12. The van der Waals surface area contributed by atoms with Gasteiger partial charge in [0.1, 0.15) is 11.6 Å². The van der Waals surface area contributed by atoms with Gasteiger partial charge in [-0.2, -0.15) is 0 Å². The summed E-state index contributed by atoms with van der Waals surface area (Å²) in [7, 11) is -2.04. The molecule has 9 nitrogen and oxygen atoms in total. The number of nitrogens with one attached hydrogen (secondary N) is 2. The molecule has 0 bridgehead atoms. The second kappa shape index (κ2) is 10.1. The van der Waals surface area contributed by atoms with E-state index in [1.165, 1.54) is 7.11 Å². The maximum Gasteiger partial charge on any atom is 0.229 e. The van der Waals surface area contributed by atoms with Gasteiger partial charge in [-0.05, 0) is 80.2 Å². The van der Waals surface area contributed by atoms with Crippen LogP contribution in [-0.4, -0.2) is 41.4 Å². The summed E-state index contributed by atoms with van der Waals surface area (Å²) in [6.07, 6.45) is 4.64. The number of hydrogen-bond donors (Lipinski definition) is 2. The molecule has 1 aliphatic heterocycles. The van der Waals surface area contributed by atoms with Crippen LogP contribution in [0, 0.1) is 13.8 Å². The Morgan fingerprint density at radius 3 is 2.39 bits per heavy atom. The molecule has 11 heteroatoms.